The summed E-state index contributed by atoms with van der Waals surface area (Å²) in [4.78, 5) is 7.06. The molecular weight excluding hydrogens is 490 g/mol. The van der Waals surface area contributed by atoms with E-state index in [1.165, 1.54) is 24.3 Å². The van der Waals surface area contributed by atoms with Crippen molar-refractivity contribution in [2.75, 3.05) is 52.5 Å². The molecule has 1 unspecified atom stereocenters. The van der Waals surface area contributed by atoms with Gasteiger partial charge in [-0.25, -0.2) is 4.39 Å². The summed E-state index contributed by atoms with van der Waals surface area (Å²) in [6.07, 6.45) is -0.721. The van der Waals surface area contributed by atoms with E-state index in [9.17, 15) is 9.50 Å². The van der Waals surface area contributed by atoms with Crippen LogP contribution in [-0.2, 0) is 4.74 Å². The number of rotatable bonds is 9. The molecule has 7 nitrogen and oxygen atoms in total. The number of aliphatic hydroxyl groups is 1. The maximum atomic E-state index is 12.9. The molecule has 3 N–H and O–H groups in total. The topological polar surface area (TPSA) is 78.4 Å². The molecular formula is C20H34FIN4O3. The van der Waals surface area contributed by atoms with Crippen LogP contribution in [0.2, 0.25) is 0 Å². The van der Waals surface area contributed by atoms with E-state index in [0.29, 0.717) is 24.8 Å². The number of aliphatic imine (C=N–C) groups is 1. The van der Waals surface area contributed by atoms with E-state index in [-0.39, 0.29) is 41.9 Å². The number of benzene rings is 1. The number of ether oxygens (including phenoxy) is 2. The highest BCUT2D eigenvalue weighted by atomic mass is 127. The summed E-state index contributed by atoms with van der Waals surface area (Å²) in [6, 6.07) is 5.72. The molecule has 9 heteroatoms. The summed E-state index contributed by atoms with van der Waals surface area (Å²) in [5, 5.41) is 16.5. The maximum absolute atomic E-state index is 12.9. The van der Waals surface area contributed by atoms with Crippen molar-refractivity contribution in [2.45, 2.75) is 32.4 Å². The van der Waals surface area contributed by atoms with Gasteiger partial charge in [-0.05, 0) is 45.0 Å². The van der Waals surface area contributed by atoms with Crippen molar-refractivity contribution in [1.82, 2.24) is 15.5 Å². The lowest BCUT2D eigenvalue weighted by Crippen LogP contribution is -2.52. The van der Waals surface area contributed by atoms with Gasteiger partial charge in [-0.15, -0.1) is 24.0 Å². The minimum Gasteiger partial charge on any atom is -0.491 e. The lowest BCUT2D eigenvalue weighted by molar-refractivity contribution is -0.00684. The number of hydrogen-bond donors (Lipinski definition) is 3. The average Bonchev–Trinajstić information content (AvgIpc) is 2.70. The van der Waals surface area contributed by atoms with Crippen LogP contribution < -0.4 is 15.4 Å². The van der Waals surface area contributed by atoms with Crippen molar-refractivity contribution >= 4 is 29.9 Å². The standard InChI is InChI=1S/C20H33FN4O3.HI/c1-4-22-19(24-15-20(2,3)25-9-11-27-12-10-25)23-13-17(26)14-28-18-7-5-16(21)6-8-18;/h5-8,17,26H,4,9-15H2,1-3H3,(H2,22,23,24);1H. The third kappa shape index (κ3) is 9.45. The van der Waals surface area contributed by atoms with Gasteiger partial charge in [0.05, 0.1) is 19.8 Å². The van der Waals surface area contributed by atoms with Crippen LogP contribution in [0.25, 0.3) is 0 Å². The van der Waals surface area contributed by atoms with Gasteiger partial charge < -0.3 is 25.2 Å². The zero-order valence-electron chi connectivity index (χ0n) is 17.5. The van der Waals surface area contributed by atoms with Crippen molar-refractivity contribution < 1.29 is 19.0 Å². The van der Waals surface area contributed by atoms with Gasteiger partial charge in [0.25, 0.3) is 0 Å². The van der Waals surface area contributed by atoms with E-state index in [1.807, 2.05) is 6.92 Å². The monoisotopic (exact) mass is 524 g/mol. The first-order chi connectivity index (χ1) is 13.4. The minimum absolute atomic E-state index is 0. The molecule has 2 rings (SSSR count). The fourth-order valence-electron chi connectivity index (χ4n) is 2.88. The Morgan fingerprint density at radius 3 is 2.55 bits per heavy atom. The first kappa shape index (κ1) is 25.9. The van der Waals surface area contributed by atoms with E-state index in [0.717, 1.165) is 32.8 Å². The number of morpholine rings is 1. The van der Waals surface area contributed by atoms with Crippen LogP contribution in [0.3, 0.4) is 0 Å². The van der Waals surface area contributed by atoms with Gasteiger partial charge in [-0.3, -0.25) is 9.89 Å². The van der Waals surface area contributed by atoms with E-state index in [1.54, 1.807) is 0 Å². The predicted octanol–water partition coefficient (Wildman–Crippen LogP) is 1.85. The first-order valence-corrected chi connectivity index (χ1v) is 9.82. The van der Waals surface area contributed by atoms with Gasteiger partial charge >= 0.3 is 0 Å². The summed E-state index contributed by atoms with van der Waals surface area (Å²) in [6.45, 7) is 11.4. The number of nitrogens with one attached hydrogen (secondary N) is 2. The molecule has 1 aliphatic rings. The van der Waals surface area contributed by atoms with Crippen molar-refractivity contribution in [3.05, 3.63) is 30.1 Å². The Morgan fingerprint density at radius 1 is 1.28 bits per heavy atom. The lowest BCUT2D eigenvalue weighted by Gasteiger charge is -2.39. The normalized spacial score (nSPS) is 16.7. The molecule has 0 saturated carbocycles. The summed E-state index contributed by atoms with van der Waals surface area (Å²) < 4.78 is 23.8. The highest BCUT2D eigenvalue weighted by Gasteiger charge is 2.28. The van der Waals surface area contributed by atoms with Gasteiger partial charge in [-0.1, -0.05) is 0 Å². The Bertz CT molecular complexity index is 610. The van der Waals surface area contributed by atoms with Gasteiger partial charge in [-0.2, -0.15) is 0 Å². The van der Waals surface area contributed by atoms with E-state index in [4.69, 9.17) is 9.47 Å². The number of nitrogens with zero attached hydrogens (tertiary/aromatic N) is 2. The third-order valence-corrected chi connectivity index (χ3v) is 4.60. The fraction of sp³-hybridized carbons (Fsp3) is 0.650. The highest BCUT2D eigenvalue weighted by Crippen LogP contribution is 2.16. The van der Waals surface area contributed by atoms with Crippen LogP contribution >= 0.6 is 24.0 Å². The zero-order valence-corrected chi connectivity index (χ0v) is 19.8. The second-order valence-corrected chi connectivity index (χ2v) is 7.41. The number of hydrogen-bond acceptors (Lipinski definition) is 5. The van der Waals surface area contributed by atoms with Crippen LogP contribution in [0.15, 0.2) is 29.3 Å². The molecule has 1 atom stereocenters. The van der Waals surface area contributed by atoms with Crippen LogP contribution in [0.1, 0.15) is 20.8 Å². The molecule has 166 valence electrons. The van der Waals surface area contributed by atoms with Crippen molar-refractivity contribution in [3.8, 4) is 5.75 Å². The molecule has 29 heavy (non-hydrogen) atoms. The molecule has 0 aliphatic carbocycles. The second-order valence-electron chi connectivity index (χ2n) is 7.41. The Morgan fingerprint density at radius 2 is 1.93 bits per heavy atom. The van der Waals surface area contributed by atoms with Crippen LogP contribution in [0.4, 0.5) is 4.39 Å². The molecule has 0 spiro atoms. The molecule has 0 amide bonds. The van der Waals surface area contributed by atoms with Crippen LogP contribution in [-0.4, -0.2) is 80.2 Å². The molecule has 1 fully saturated rings. The largest absolute Gasteiger partial charge is 0.491 e. The molecule has 0 aromatic heterocycles. The first-order valence-electron chi connectivity index (χ1n) is 9.82. The fourth-order valence-corrected chi connectivity index (χ4v) is 2.88. The number of halogens is 2. The van der Waals surface area contributed by atoms with E-state index in [2.05, 4.69) is 34.4 Å². The molecule has 1 heterocycles. The molecule has 1 aliphatic heterocycles. The second kappa shape index (κ2) is 13.2. The maximum Gasteiger partial charge on any atom is 0.191 e. The molecule has 1 aromatic carbocycles. The predicted molar refractivity (Wildman–Crippen MR) is 124 cm³/mol. The molecule has 0 bridgehead atoms. The van der Waals surface area contributed by atoms with Crippen molar-refractivity contribution in [3.63, 3.8) is 0 Å². The smallest absolute Gasteiger partial charge is 0.191 e. The Kier molecular flexibility index (Phi) is 11.8. The Labute approximate surface area is 190 Å². The van der Waals surface area contributed by atoms with E-state index >= 15 is 0 Å². The zero-order chi connectivity index (χ0) is 20.4. The lowest BCUT2D eigenvalue weighted by atomic mass is 10.0. The summed E-state index contributed by atoms with van der Waals surface area (Å²) in [7, 11) is 0. The average molecular weight is 524 g/mol. The number of aliphatic hydroxyl groups excluding tert-OH is 1. The van der Waals surface area contributed by atoms with Gasteiger partial charge in [0, 0.05) is 31.7 Å². The Hall–Kier alpha value is -1.17. The van der Waals surface area contributed by atoms with Crippen molar-refractivity contribution in [1.29, 1.82) is 0 Å². The summed E-state index contributed by atoms with van der Waals surface area (Å²) in [5.74, 6) is 0.860. The van der Waals surface area contributed by atoms with Gasteiger partial charge in [0.2, 0.25) is 0 Å². The number of guanidine groups is 1. The highest BCUT2D eigenvalue weighted by molar-refractivity contribution is 14.0. The Balaban J connectivity index is 0.00000420. The quantitative estimate of drug-likeness (QED) is 0.260. The summed E-state index contributed by atoms with van der Waals surface area (Å²) >= 11 is 0. The molecule has 1 aromatic rings. The molecule has 1 saturated heterocycles. The molecule has 0 radical (unpaired) electrons. The van der Waals surface area contributed by atoms with Gasteiger partial charge in [0.1, 0.15) is 24.3 Å². The minimum atomic E-state index is -0.721. The van der Waals surface area contributed by atoms with Crippen LogP contribution in [0, 0.1) is 5.82 Å². The third-order valence-electron chi connectivity index (χ3n) is 4.60. The van der Waals surface area contributed by atoms with Crippen molar-refractivity contribution in [2.24, 2.45) is 4.99 Å². The SMILES string of the molecule is CCNC(=NCC(C)(C)N1CCOCC1)NCC(O)COc1ccc(F)cc1.I. The van der Waals surface area contributed by atoms with Gasteiger partial charge in [0.15, 0.2) is 5.96 Å². The van der Waals surface area contributed by atoms with Crippen LogP contribution in [0.5, 0.6) is 5.75 Å². The summed E-state index contributed by atoms with van der Waals surface area (Å²) in [5.41, 5.74) is -0.0730. The van der Waals surface area contributed by atoms with E-state index < -0.39 is 6.10 Å².